The molecule has 1 heterocycles. The Balaban J connectivity index is 1.90. The number of nitrogens with one attached hydrogen (secondary N) is 3. The number of rotatable bonds is 7. The highest BCUT2D eigenvalue weighted by Gasteiger charge is 2.24. The van der Waals surface area contributed by atoms with Gasteiger partial charge in [-0.3, -0.25) is 10.1 Å². The Morgan fingerprint density at radius 2 is 1.89 bits per heavy atom. The maximum atomic E-state index is 5.56. The van der Waals surface area contributed by atoms with Gasteiger partial charge in [0.25, 0.3) is 0 Å². The van der Waals surface area contributed by atoms with E-state index in [2.05, 4.69) is 51.6 Å². The molecule has 0 fully saturated rings. The summed E-state index contributed by atoms with van der Waals surface area (Å²) in [6, 6.07) is 7.63. The van der Waals surface area contributed by atoms with Gasteiger partial charge in [0.1, 0.15) is 11.6 Å². The van der Waals surface area contributed by atoms with Crippen LogP contribution in [0.2, 0.25) is 0 Å². The molecule has 1 aromatic carbocycles. The van der Waals surface area contributed by atoms with E-state index in [1.54, 1.807) is 21.3 Å². The van der Waals surface area contributed by atoms with Crippen molar-refractivity contribution in [3.63, 3.8) is 0 Å². The maximum Gasteiger partial charge on any atom is 0.191 e. The van der Waals surface area contributed by atoms with Crippen LogP contribution in [0, 0.1) is 5.41 Å². The number of hydrogen-bond acceptors (Lipinski definition) is 5. The van der Waals surface area contributed by atoms with E-state index < -0.39 is 0 Å². The summed E-state index contributed by atoms with van der Waals surface area (Å²) >= 11 is 0. The second-order valence-electron chi connectivity index (χ2n) is 7.23. The summed E-state index contributed by atoms with van der Waals surface area (Å²) in [5, 5.41) is 13.7. The van der Waals surface area contributed by atoms with Crippen molar-refractivity contribution in [2.75, 3.05) is 27.8 Å². The molecule has 8 heteroatoms. The van der Waals surface area contributed by atoms with Crippen LogP contribution in [0.3, 0.4) is 0 Å². The Bertz CT molecular complexity index is 733. The van der Waals surface area contributed by atoms with Gasteiger partial charge in [0, 0.05) is 26.3 Å². The number of methoxy groups -OCH3 is 2. The van der Waals surface area contributed by atoms with Crippen molar-refractivity contribution in [2.45, 2.75) is 33.4 Å². The standard InChI is InChI=1S/C19H30N6O2/c1-19(2,3)15(27-6)11-21-18(20-4)22-12-16-23-17(25-24-16)13-7-9-14(26-5)10-8-13/h7-10,15H,11-12H2,1-6H3,(H2,20,21,22)(H,23,24,25). The molecule has 2 rings (SSSR count). The van der Waals surface area contributed by atoms with E-state index >= 15 is 0 Å². The van der Waals surface area contributed by atoms with Gasteiger partial charge in [-0.15, -0.1) is 0 Å². The Labute approximate surface area is 160 Å². The summed E-state index contributed by atoms with van der Waals surface area (Å²) in [5.41, 5.74) is 0.965. The summed E-state index contributed by atoms with van der Waals surface area (Å²) in [5.74, 6) is 2.85. The summed E-state index contributed by atoms with van der Waals surface area (Å²) < 4.78 is 10.7. The molecule has 0 aliphatic heterocycles. The predicted octanol–water partition coefficient (Wildman–Crippen LogP) is 2.21. The Kier molecular flexibility index (Phi) is 7.18. The summed E-state index contributed by atoms with van der Waals surface area (Å²) in [6.45, 7) is 7.58. The topological polar surface area (TPSA) is 96.5 Å². The van der Waals surface area contributed by atoms with Crippen molar-refractivity contribution in [3.8, 4) is 17.1 Å². The fourth-order valence-corrected chi connectivity index (χ4v) is 2.56. The number of aromatic amines is 1. The third-order valence-electron chi connectivity index (χ3n) is 4.23. The van der Waals surface area contributed by atoms with Gasteiger partial charge in [-0.05, 0) is 29.7 Å². The molecule has 2 aromatic rings. The van der Waals surface area contributed by atoms with E-state index in [0.717, 1.165) is 17.1 Å². The summed E-state index contributed by atoms with van der Waals surface area (Å²) in [6.07, 6.45) is 0.0722. The summed E-state index contributed by atoms with van der Waals surface area (Å²) in [7, 11) is 5.10. The number of aromatic nitrogens is 3. The average molecular weight is 374 g/mol. The lowest BCUT2D eigenvalue weighted by Gasteiger charge is -2.30. The van der Waals surface area contributed by atoms with Crippen molar-refractivity contribution in [3.05, 3.63) is 30.1 Å². The molecule has 0 bridgehead atoms. The van der Waals surface area contributed by atoms with Gasteiger partial charge in [-0.1, -0.05) is 20.8 Å². The predicted molar refractivity (Wildman–Crippen MR) is 107 cm³/mol. The van der Waals surface area contributed by atoms with E-state index in [-0.39, 0.29) is 11.5 Å². The minimum absolute atomic E-state index is 0.0405. The van der Waals surface area contributed by atoms with Gasteiger partial charge in [-0.25, -0.2) is 4.98 Å². The van der Waals surface area contributed by atoms with E-state index in [1.165, 1.54) is 0 Å². The van der Waals surface area contributed by atoms with Crippen LogP contribution in [0.1, 0.15) is 26.6 Å². The van der Waals surface area contributed by atoms with Crippen molar-refractivity contribution >= 4 is 5.96 Å². The zero-order chi connectivity index (χ0) is 19.9. The molecule has 0 radical (unpaired) electrons. The number of nitrogens with zero attached hydrogens (tertiary/aromatic N) is 3. The molecule has 0 saturated carbocycles. The average Bonchev–Trinajstić information content (AvgIpc) is 3.12. The first-order valence-electron chi connectivity index (χ1n) is 8.90. The molecule has 148 valence electrons. The largest absolute Gasteiger partial charge is 0.497 e. The molecule has 3 N–H and O–H groups in total. The number of ether oxygens (including phenoxy) is 2. The highest BCUT2D eigenvalue weighted by Crippen LogP contribution is 2.21. The molecule has 1 aromatic heterocycles. The first kappa shape index (κ1) is 20.7. The van der Waals surface area contributed by atoms with Crippen LogP contribution in [0.5, 0.6) is 5.75 Å². The maximum absolute atomic E-state index is 5.56. The number of guanidine groups is 1. The normalized spacial score (nSPS) is 13.3. The van der Waals surface area contributed by atoms with Crippen molar-refractivity contribution in [1.82, 2.24) is 25.8 Å². The minimum Gasteiger partial charge on any atom is -0.497 e. The molecule has 1 unspecified atom stereocenters. The quantitative estimate of drug-likeness (QED) is 0.508. The summed E-state index contributed by atoms with van der Waals surface area (Å²) in [4.78, 5) is 8.75. The minimum atomic E-state index is 0.0405. The van der Waals surface area contributed by atoms with Gasteiger partial charge in [-0.2, -0.15) is 5.10 Å². The highest BCUT2D eigenvalue weighted by atomic mass is 16.5. The molecular formula is C19H30N6O2. The van der Waals surface area contributed by atoms with Crippen molar-refractivity contribution < 1.29 is 9.47 Å². The lowest BCUT2D eigenvalue weighted by Crippen LogP contribution is -2.45. The van der Waals surface area contributed by atoms with Crippen LogP contribution < -0.4 is 15.4 Å². The molecule has 0 saturated heterocycles. The van der Waals surface area contributed by atoms with Crippen LogP contribution in [0.4, 0.5) is 0 Å². The van der Waals surface area contributed by atoms with Crippen LogP contribution >= 0.6 is 0 Å². The fourth-order valence-electron chi connectivity index (χ4n) is 2.56. The smallest absolute Gasteiger partial charge is 0.191 e. The SMILES string of the molecule is CN=C(NCc1nc(-c2ccc(OC)cc2)n[nH]1)NCC(OC)C(C)(C)C. The second-order valence-corrected chi connectivity index (χ2v) is 7.23. The molecule has 8 nitrogen and oxygen atoms in total. The molecule has 27 heavy (non-hydrogen) atoms. The third kappa shape index (κ3) is 5.96. The third-order valence-corrected chi connectivity index (χ3v) is 4.23. The monoisotopic (exact) mass is 374 g/mol. The van der Waals surface area contributed by atoms with E-state index in [0.29, 0.717) is 24.9 Å². The fraction of sp³-hybridized carbons (Fsp3) is 0.526. The highest BCUT2D eigenvalue weighted by molar-refractivity contribution is 5.79. The molecule has 1 atom stereocenters. The van der Waals surface area contributed by atoms with Crippen LogP contribution in [0.15, 0.2) is 29.3 Å². The zero-order valence-electron chi connectivity index (χ0n) is 17.0. The molecular weight excluding hydrogens is 344 g/mol. The Hall–Kier alpha value is -2.61. The lowest BCUT2D eigenvalue weighted by molar-refractivity contribution is 0.0205. The van der Waals surface area contributed by atoms with E-state index in [1.807, 2.05) is 24.3 Å². The lowest BCUT2D eigenvalue weighted by atomic mass is 9.89. The van der Waals surface area contributed by atoms with Gasteiger partial charge in [0.2, 0.25) is 0 Å². The number of aliphatic imine (C=N–C) groups is 1. The Morgan fingerprint density at radius 1 is 1.19 bits per heavy atom. The zero-order valence-corrected chi connectivity index (χ0v) is 17.0. The van der Waals surface area contributed by atoms with Gasteiger partial charge >= 0.3 is 0 Å². The first-order chi connectivity index (χ1) is 12.9. The van der Waals surface area contributed by atoms with Gasteiger partial charge in [0.05, 0.1) is 19.8 Å². The molecule has 0 amide bonds. The second kappa shape index (κ2) is 9.36. The molecule has 0 aliphatic carbocycles. The van der Waals surface area contributed by atoms with Gasteiger partial charge < -0.3 is 20.1 Å². The van der Waals surface area contributed by atoms with Crippen LogP contribution in [-0.4, -0.2) is 55.1 Å². The van der Waals surface area contributed by atoms with Gasteiger partial charge in [0.15, 0.2) is 11.8 Å². The van der Waals surface area contributed by atoms with Crippen LogP contribution in [-0.2, 0) is 11.3 Å². The molecule has 0 aliphatic rings. The number of H-pyrrole nitrogens is 1. The van der Waals surface area contributed by atoms with Crippen molar-refractivity contribution in [2.24, 2.45) is 10.4 Å². The van der Waals surface area contributed by atoms with Crippen LogP contribution in [0.25, 0.3) is 11.4 Å². The van der Waals surface area contributed by atoms with Crippen molar-refractivity contribution in [1.29, 1.82) is 0 Å². The van der Waals surface area contributed by atoms with E-state index in [4.69, 9.17) is 9.47 Å². The number of hydrogen-bond donors (Lipinski definition) is 3. The van der Waals surface area contributed by atoms with E-state index in [9.17, 15) is 0 Å². The Morgan fingerprint density at radius 3 is 2.44 bits per heavy atom. The number of benzene rings is 1. The molecule has 0 spiro atoms. The first-order valence-corrected chi connectivity index (χ1v) is 8.90.